The number of aromatic amines is 1. The molecular weight excluding hydrogens is 332 g/mol. The molecule has 0 aliphatic rings. The minimum atomic E-state index is -0.421. The second-order valence-corrected chi connectivity index (χ2v) is 5.90. The summed E-state index contributed by atoms with van der Waals surface area (Å²) in [6.07, 6.45) is 0.806. The van der Waals surface area contributed by atoms with Gasteiger partial charge < -0.3 is 11.1 Å². The van der Waals surface area contributed by atoms with Gasteiger partial charge in [0.25, 0.3) is 5.56 Å². The van der Waals surface area contributed by atoms with Crippen molar-refractivity contribution in [3.8, 4) is 11.3 Å². The summed E-state index contributed by atoms with van der Waals surface area (Å²) in [7, 11) is 0. The van der Waals surface area contributed by atoms with Crippen LogP contribution in [0.2, 0.25) is 0 Å². The van der Waals surface area contributed by atoms with E-state index >= 15 is 0 Å². The SMILES string of the molecule is NC(=O)CCCC(=O)Nc1cccc(-c2n[nH]c(=O)c3ccccc23)c1. The number of carbonyl (C=O) groups excluding carboxylic acids is 2. The first-order chi connectivity index (χ1) is 12.5. The van der Waals surface area contributed by atoms with E-state index in [1.54, 1.807) is 30.3 Å². The highest BCUT2D eigenvalue weighted by atomic mass is 16.2. The number of amides is 2. The summed E-state index contributed by atoms with van der Waals surface area (Å²) in [6.45, 7) is 0. The van der Waals surface area contributed by atoms with Crippen LogP contribution in [0.5, 0.6) is 0 Å². The zero-order valence-corrected chi connectivity index (χ0v) is 14.0. The molecule has 0 saturated carbocycles. The zero-order valence-electron chi connectivity index (χ0n) is 14.0. The number of nitrogens with one attached hydrogen (secondary N) is 2. The van der Waals surface area contributed by atoms with Gasteiger partial charge in [-0.15, -0.1) is 0 Å². The van der Waals surface area contributed by atoms with Crippen molar-refractivity contribution < 1.29 is 9.59 Å². The lowest BCUT2D eigenvalue weighted by Crippen LogP contribution is -2.14. The van der Waals surface area contributed by atoms with E-state index in [-0.39, 0.29) is 24.3 Å². The van der Waals surface area contributed by atoms with Crippen LogP contribution in [0, 0.1) is 0 Å². The van der Waals surface area contributed by atoms with Crippen molar-refractivity contribution in [2.75, 3.05) is 5.32 Å². The largest absolute Gasteiger partial charge is 0.370 e. The van der Waals surface area contributed by atoms with Crippen molar-refractivity contribution in [3.63, 3.8) is 0 Å². The molecule has 7 heteroatoms. The normalized spacial score (nSPS) is 10.6. The predicted molar refractivity (Wildman–Crippen MR) is 99.5 cm³/mol. The number of aromatic nitrogens is 2. The number of nitrogens with zero attached hydrogens (tertiary/aromatic N) is 1. The van der Waals surface area contributed by atoms with Crippen LogP contribution in [0.3, 0.4) is 0 Å². The highest BCUT2D eigenvalue weighted by Gasteiger charge is 2.10. The van der Waals surface area contributed by atoms with Crippen molar-refractivity contribution >= 4 is 28.3 Å². The molecule has 2 aromatic carbocycles. The summed E-state index contributed by atoms with van der Waals surface area (Å²) in [5.41, 5.74) is 6.84. The third-order valence-corrected chi connectivity index (χ3v) is 3.94. The minimum absolute atomic E-state index is 0.181. The lowest BCUT2D eigenvalue weighted by Gasteiger charge is -2.09. The Morgan fingerprint density at radius 2 is 1.81 bits per heavy atom. The van der Waals surface area contributed by atoms with Gasteiger partial charge in [-0.2, -0.15) is 5.10 Å². The molecule has 2 amide bonds. The first-order valence-electron chi connectivity index (χ1n) is 8.20. The predicted octanol–water partition coefficient (Wildman–Crippen LogP) is 2.18. The van der Waals surface area contributed by atoms with Gasteiger partial charge in [-0.3, -0.25) is 14.4 Å². The van der Waals surface area contributed by atoms with Gasteiger partial charge in [-0.25, -0.2) is 5.10 Å². The average Bonchev–Trinajstić information content (AvgIpc) is 2.62. The van der Waals surface area contributed by atoms with Crippen LogP contribution in [-0.4, -0.2) is 22.0 Å². The smallest absolute Gasteiger partial charge is 0.272 e. The Morgan fingerprint density at radius 1 is 1.04 bits per heavy atom. The number of anilines is 1. The van der Waals surface area contributed by atoms with Crippen molar-refractivity contribution in [3.05, 3.63) is 58.9 Å². The zero-order chi connectivity index (χ0) is 18.5. The topological polar surface area (TPSA) is 118 Å². The van der Waals surface area contributed by atoms with Gasteiger partial charge >= 0.3 is 0 Å². The molecule has 0 spiro atoms. The molecular formula is C19H18N4O3. The van der Waals surface area contributed by atoms with Crippen molar-refractivity contribution in [1.29, 1.82) is 0 Å². The second kappa shape index (κ2) is 7.60. The van der Waals surface area contributed by atoms with Crippen LogP contribution in [0.25, 0.3) is 22.0 Å². The number of H-pyrrole nitrogens is 1. The van der Waals surface area contributed by atoms with Gasteiger partial charge in [0.05, 0.1) is 11.1 Å². The minimum Gasteiger partial charge on any atom is -0.370 e. The molecule has 1 aromatic heterocycles. The first-order valence-corrected chi connectivity index (χ1v) is 8.20. The Morgan fingerprint density at radius 3 is 2.58 bits per heavy atom. The quantitative estimate of drug-likeness (QED) is 0.631. The molecule has 0 aliphatic heterocycles. The first kappa shape index (κ1) is 17.3. The Kier molecular flexibility index (Phi) is 5.07. The number of rotatable bonds is 6. The summed E-state index contributed by atoms with van der Waals surface area (Å²) in [6, 6.07) is 14.4. The van der Waals surface area contributed by atoms with E-state index in [2.05, 4.69) is 15.5 Å². The fourth-order valence-corrected chi connectivity index (χ4v) is 2.73. The van der Waals surface area contributed by atoms with Crippen molar-refractivity contribution in [1.82, 2.24) is 10.2 Å². The van der Waals surface area contributed by atoms with E-state index in [1.165, 1.54) is 0 Å². The molecule has 0 atom stereocenters. The molecule has 132 valence electrons. The van der Waals surface area contributed by atoms with Crippen molar-refractivity contribution in [2.24, 2.45) is 5.73 Å². The number of hydrogen-bond donors (Lipinski definition) is 3. The molecule has 7 nitrogen and oxygen atoms in total. The molecule has 26 heavy (non-hydrogen) atoms. The molecule has 0 unspecified atom stereocenters. The van der Waals surface area contributed by atoms with Gasteiger partial charge in [0.15, 0.2) is 0 Å². The number of hydrogen-bond acceptors (Lipinski definition) is 4. The van der Waals surface area contributed by atoms with E-state index in [4.69, 9.17) is 5.73 Å². The Bertz CT molecular complexity index is 1030. The molecule has 4 N–H and O–H groups in total. The number of fused-ring (bicyclic) bond motifs is 1. The molecule has 3 rings (SSSR count). The highest BCUT2D eigenvalue weighted by molar-refractivity contribution is 5.95. The number of carbonyl (C=O) groups is 2. The third-order valence-electron chi connectivity index (χ3n) is 3.94. The van der Waals surface area contributed by atoms with E-state index in [9.17, 15) is 14.4 Å². The van der Waals surface area contributed by atoms with Crippen LogP contribution in [0.15, 0.2) is 53.3 Å². The number of primary amides is 1. The van der Waals surface area contributed by atoms with Crippen LogP contribution >= 0.6 is 0 Å². The van der Waals surface area contributed by atoms with Gasteiger partial charge in [0.1, 0.15) is 0 Å². The summed E-state index contributed by atoms with van der Waals surface area (Å²) >= 11 is 0. The molecule has 0 saturated heterocycles. The lowest BCUT2D eigenvalue weighted by molar-refractivity contribution is -0.118. The van der Waals surface area contributed by atoms with E-state index in [0.717, 1.165) is 10.9 Å². The standard InChI is InChI=1S/C19H18N4O3/c20-16(24)9-4-10-17(25)21-13-6-3-5-12(11-13)18-14-7-1-2-8-15(14)19(26)23-22-18/h1-3,5-8,11H,4,9-10H2,(H2,20,24)(H,21,25)(H,23,26). The fraction of sp³-hybridized carbons (Fsp3) is 0.158. The molecule has 0 aliphatic carbocycles. The fourth-order valence-electron chi connectivity index (χ4n) is 2.73. The van der Waals surface area contributed by atoms with Crippen LogP contribution in [0.4, 0.5) is 5.69 Å². The van der Waals surface area contributed by atoms with Gasteiger partial charge in [0, 0.05) is 29.5 Å². The Labute approximate surface area is 149 Å². The monoisotopic (exact) mass is 350 g/mol. The van der Waals surface area contributed by atoms with Gasteiger partial charge in [0.2, 0.25) is 11.8 Å². The van der Waals surface area contributed by atoms with E-state index < -0.39 is 5.91 Å². The van der Waals surface area contributed by atoms with Crippen LogP contribution < -0.4 is 16.6 Å². The maximum Gasteiger partial charge on any atom is 0.272 e. The maximum absolute atomic E-state index is 12.0. The van der Waals surface area contributed by atoms with Gasteiger partial charge in [-0.1, -0.05) is 30.3 Å². The van der Waals surface area contributed by atoms with E-state index in [0.29, 0.717) is 23.2 Å². The summed E-state index contributed by atoms with van der Waals surface area (Å²) in [4.78, 5) is 34.6. The second-order valence-electron chi connectivity index (χ2n) is 5.90. The lowest BCUT2D eigenvalue weighted by atomic mass is 10.0. The number of nitrogens with two attached hydrogens (primary N) is 1. The van der Waals surface area contributed by atoms with Crippen molar-refractivity contribution in [2.45, 2.75) is 19.3 Å². The summed E-state index contributed by atoms with van der Waals surface area (Å²) < 4.78 is 0. The maximum atomic E-state index is 12.0. The Hall–Kier alpha value is -3.48. The molecule has 0 fully saturated rings. The van der Waals surface area contributed by atoms with Crippen LogP contribution in [-0.2, 0) is 9.59 Å². The molecule has 0 radical (unpaired) electrons. The van der Waals surface area contributed by atoms with E-state index in [1.807, 2.05) is 18.2 Å². The molecule has 1 heterocycles. The average molecular weight is 350 g/mol. The third kappa shape index (κ3) is 3.94. The molecule has 3 aromatic rings. The van der Waals surface area contributed by atoms with Gasteiger partial charge in [-0.05, 0) is 24.6 Å². The number of benzene rings is 2. The highest BCUT2D eigenvalue weighted by Crippen LogP contribution is 2.26. The summed E-state index contributed by atoms with van der Waals surface area (Å²) in [5.74, 6) is -0.612. The molecule has 0 bridgehead atoms. The summed E-state index contributed by atoms with van der Waals surface area (Å²) in [5, 5.41) is 10.8. The van der Waals surface area contributed by atoms with Crippen LogP contribution in [0.1, 0.15) is 19.3 Å². The Balaban J connectivity index is 1.84.